The van der Waals surface area contributed by atoms with Gasteiger partial charge in [0.2, 0.25) is 0 Å². The van der Waals surface area contributed by atoms with E-state index in [1.807, 2.05) is 0 Å². The Balaban J connectivity index is 1.86. The lowest BCUT2D eigenvalue weighted by molar-refractivity contribution is 0.165. The molecule has 0 unspecified atom stereocenters. The standard InChI is InChI=1S/C15H19BrN2OS/c1-20-15-7-14-11(6-13(15)16)8-18(17-14)12-4-2-10(9-19)3-5-12/h6-8,10,12,19H,2-5,9H2,1H3. The zero-order chi connectivity index (χ0) is 14.1. The minimum atomic E-state index is 0.331. The topological polar surface area (TPSA) is 38.0 Å². The number of hydrogen-bond acceptors (Lipinski definition) is 3. The molecule has 1 saturated carbocycles. The predicted octanol–water partition coefficient (Wildman–Crippen LogP) is 4.24. The Kier molecular flexibility index (Phi) is 4.38. The molecule has 1 aliphatic carbocycles. The third kappa shape index (κ3) is 2.76. The van der Waals surface area contributed by atoms with E-state index in [-0.39, 0.29) is 0 Å². The predicted molar refractivity (Wildman–Crippen MR) is 87.3 cm³/mol. The Labute approximate surface area is 131 Å². The average molecular weight is 355 g/mol. The monoisotopic (exact) mass is 354 g/mol. The lowest BCUT2D eigenvalue weighted by Gasteiger charge is -2.27. The molecule has 2 aromatic rings. The van der Waals surface area contributed by atoms with Crippen LogP contribution >= 0.6 is 27.7 Å². The number of aliphatic hydroxyl groups excluding tert-OH is 1. The highest BCUT2D eigenvalue weighted by Gasteiger charge is 2.22. The summed E-state index contributed by atoms with van der Waals surface area (Å²) >= 11 is 5.35. The van der Waals surface area contributed by atoms with E-state index >= 15 is 0 Å². The highest BCUT2D eigenvalue weighted by Crippen LogP contribution is 2.34. The number of hydrogen-bond donors (Lipinski definition) is 1. The molecule has 3 rings (SSSR count). The van der Waals surface area contributed by atoms with E-state index in [1.54, 1.807) is 11.8 Å². The average Bonchev–Trinajstić information content (AvgIpc) is 2.89. The SMILES string of the molecule is CSc1cc2nn(C3CCC(CO)CC3)cc2cc1Br. The van der Waals surface area contributed by atoms with Gasteiger partial charge in [-0.15, -0.1) is 11.8 Å². The summed E-state index contributed by atoms with van der Waals surface area (Å²) in [7, 11) is 0. The molecule has 0 amide bonds. The second kappa shape index (κ2) is 6.08. The van der Waals surface area contributed by atoms with Gasteiger partial charge in [0.15, 0.2) is 0 Å². The van der Waals surface area contributed by atoms with Crippen molar-refractivity contribution in [3.05, 3.63) is 22.8 Å². The Bertz CT molecular complexity index is 605. The fourth-order valence-electron chi connectivity index (χ4n) is 2.98. The van der Waals surface area contributed by atoms with Crippen molar-refractivity contribution in [2.24, 2.45) is 5.92 Å². The number of halogens is 1. The second-order valence-electron chi connectivity index (χ2n) is 5.51. The molecule has 0 atom stereocenters. The third-order valence-electron chi connectivity index (χ3n) is 4.24. The molecule has 1 heterocycles. The molecule has 0 saturated heterocycles. The first-order valence-electron chi connectivity index (χ1n) is 7.04. The Morgan fingerprint density at radius 3 is 2.75 bits per heavy atom. The maximum Gasteiger partial charge on any atom is 0.0935 e. The highest BCUT2D eigenvalue weighted by molar-refractivity contribution is 9.10. The molecule has 3 nitrogen and oxygen atoms in total. The number of nitrogens with zero attached hydrogens (tertiary/aromatic N) is 2. The first-order valence-corrected chi connectivity index (χ1v) is 9.06. The molecule has 5 heteroatoms. The van der Waals surface area contributed by atoms with Gasteiger partial charge in [-0.25, -0.2) is 0 Å². The maximum atomic E-state index is 9.22. The van der Waals surface area contributed by atoms with E-state index in [0.717, 1.165) is 35.7 Å². The van der Waals surface area contributed by atoms with Gasteiger partial charge >= 0.3 is 0 Å². The van der Waals surface area contributed by atoms with Gasteiger partial charge in [-0.2, -0.15) is 5.10 Å². The van der Waals surface area contributed by atoms with Gasteiger partial charge in [0.25, 0.3) is 0 Å². The van der Waals surface area contributed by atoms with E-state index < -0.39 is 0 Å². The molecular formula is C15H19BrN2OS. The van der Waals surface area contributed by atoms with Gasteiger partial charge in [0.05, 0.1) is 11.6 Å². The van der Waals surface area contributed by atoms with E-state index in [0.29, 0.717) is 18.6 Å². The number of fused-ring (bicyclic) bond motifs is 1. The number of aromatic nitrogens is 2. The van der Waals surface area contributed by atoms with Gasteiger partial charge in [0, 0.05) is 27.6 Å². The highest BCUT2D eigenvalue weighted by atomic mass is 79.9. The summed E-state index contributed by atoms with van der Waals surface area (Å²) in [5.41, 5.74) is 1.07. The fraction of sp³-hybridized carbons (Fsp3) is 0.533. The number of benzene rings is 1. The lowest BCUT2D eigenvalue weighted by Crippen LogP contribution is -2.20. The summed E-state index contributed by atoms with van der Waals surface area (Å²) in [5, 5.41) is 15.2. The third-order valence-corrected chi connectivity index (χ3v) is 5.94. The molecule has 1 aromatic heterocycles. The van der Waals surface area contributed by atoms with Gasteiger partial charge < -0.3 is 5.11 Å². The Morgan fingerprint density at radius 1 is 1.35 bits per heavy atom. The maximum absolute atomic E-state index is 9.22. The van der Waals surface area contributed by atoms with Crippen LogP contribution in [0.25, 0.3) is 10.9 Å². The number of rotatable bonds is 3. The van der Waals surface area contributed by atoms with Gasteiger partial charge in [-0.3, -0.25) is 4.68 Å². The summed E-state index contributed by atoms with van der Waals surface area (Å²) in [6, 6.07) is 4.80. The number of thioether (sulfide) groups is 1. The lowest BCUT2D eigenvalue weighted by atomic mass is 9.87. The quantitative estimate of drug-likeness (QED) is 0.837. The molecule has 20 heavy (non-hydrogen) atoms. The van der Waals surface area contributed by atoms with Crippen LogP contribution in [0.4, 0.5) is 0 Å². The van der Waals surface area contributed by atoms with Crippen LogP contribution < -0.4 is 0 Å². The van der Waals surface area contributed by atoms with Crippen molar-refractivity contribution in [1.29, 1.82) is 0 Å². The summed E-state index contributed by atoms with van der Waals surface area (Å²) in [5.74, 6) is 0.494. The van der Waals surface area contributed by atoms with Crippen LogP contribution in [-0.2, 0) is 0 Å². The van der Waals surface area contributed by atoms with Crippen LogP contribution in [0.15, 0.2) is 27.7 Å². The van der Waals surface area contributed by atoms with Crippen LogP contribution in [0, 0.1) is 5.92 Å². The summed E-state index contributed by atoms with van der Waals surface area (Å²) in [4.78, 5) is 1.23. The molecule has 1 fully saturated rings. The normalized spacial score (nSPS) is 23.4. The minimum absolute atomic E-state index is 0.331. The molecule has 0 aliphatic heterocycles. The first kappa shape index (κ1) is 14.4. The molecule has 0 bridgehead atoms. The van der Waals surface area contributed by atoms with Crippen LogP contribution in [0.3, 0.4) is 0 Å². The van der Waals surface area contributed by atoms with Crippen molar-refractivity contribution < 1.29 is 5.11 Å². The second-order valence-corrected chi connectivity index (χ2v) is 7.21. The van der Waals surface area contributed by atoms with Crippen LogP contribution in [0.2, 0.25) is 0 Å². The molecular weight excluding hydrogens is 336 g/mol. The van der Waals surface area contributed by atoms with Crippen LogP contribution in [0.5, 0.6) is 0 Å². The first-order chi connectivity index (χ1) is 9.71. The molecule has 108 valence electrons. The Morgan fingerprint density at radius 2 is 2.10 bits per heavy atom. The zero-order valence-corrected chi connectivity index (χ0v) is 14.0. The fourth-order valence-corrected chi connectivity index (χ4v) is 4.31. The van der Waals surface area contributed by atoms with E-state index in [4.69, 9.17) is 5.10 Å². The summed E-state index contributed by atoms with van der Waals surface area (Å²) in [6.07, 6.45) is 8.70. The summed E-state index contributed by atoms with van der Waals surface area (Å²) in [6.45, 7) is 0.331. The van der Waals surface area contributed by atoms with Crippen molar-refractivity contribution >= 4 is 38.6 Å². The van der Waals surface area contributed by atoms with Crippen LogP contribution in [-0.4, -0.2) is 27.7 Å². The van der Waals surface area contributed by atoms with Crippen molar-refractivity contribution in [1.82, 2.24) is 9.78 Å². The van der Waals surface area contributed by atoms with Crippen molar-refractivity contribution in [3.8, 4) is 0 Å². The van der Waals surface area contributed by atoms with E-state index in [1.165, 1.54) is 10.3 Å². The van der Waals surface area contributed by atoms with E-state index in [2.05, 4.69) is 45.2 Å². The van der Waals surface area contributed by atoms with Crippen molar-refractivity contribution in [3.63, 3.8) is 0 Å². The zero-order valence-electron chi connectivity index (χ0n) is 11.6. The largest absolute Gasteiger partial charge is 0.396 e. The van der Waals surface area contributed by atoms with E-state index in [9.17, 15) is 5.11 Å². The molecule has 1 aliphatic rings. The molecule has 1 N–H and O–H groups in total. The van der Waals surface area contributed by atoms with Crippen molar-refractivity contribution in [2.45, 2.75) is 36.6 Å². The summed E-state index contributed by atoms with van der Waals surface area (Å²) < 4.78 is 3.27. The Hall–Kier alpha value is -0.520. The molecule has 1 aromatic carbocycles. The molecule has 0 spiro atoms. The minimum Gasteiger partial charge on any atom is -0.396 e. The van der Waals surface area contributed by atoms with Gasteiger partial charge in [-0.1, -0.05) is 0 Å². The number of aliphatic hydroxyl groups is 1. The van der Waals surface area contributed by atoms with Gasteiger partial charge in [-0.05, 0) is 65.9 Å². The molecule has 0 radical (unpaired) electrons. The van der Waals surface area contributed by atoms with Crippen LogP contribution in [0.1, 0.15) is 31.7 Å². The smallest absolute Gasteiger partial charge is 0.0935 e. The van der Waals surface area contributed by atoms with Crippen molar-refractivity contribution in [2.75, 3.05) is 12.9 Å². The van der Waals surface area contributed by atoms with Gasteiger partial charge in [0.1, 0.15) is 0 Å².